The van der Waals surface area contributed by atoms with Gasteiger partial charge >= 0.3 is 0 Å². The Morgan fingerprint density at radius 2 is 2.15 bits per heavy atom. The van der Waals surface area contributed by atoms with E-state index in [2.05, 4.69) is 15.9 Å². The standard InChI is InChI=1S/C9H7BrF2O/c10-4-6(5-13)7-2-1-3-8(11)9(7)12/h1-3,5-6H,4H2. The minimum atomic E-state index is -0.945. The van der Waals surface area contributed by atoms with Gasteiger partial charge in [0.2, 0.25) is 0 Å². The number of halogens is 3. The van der Waals surface area contributed by atoms with Crippen molar-refractivity contribution in [3.05, 3.63) is 35.4 Å². The first-order valence-electron chi connectivity index (χ1n) is 3.66. The molecule has 0 saturated heterocycles. The normalized spacial score (nSPS) is 12.5. The maximum Gasteiger partial charge on any atom is 0.162 e. The molecule has 4 heteroatoms. The summed E-state index contributed by atoms with van der Waals surface area (Å²) in [6, 6.07) is 3.81. The summed E-state index contributed by atoms with van der Waals surface area (Å²) >= 11 is 3.05. The molecule has 1 atom stereocenters. The van der Waals surface area contributed by atoms with Gasteiger partial charge in [0.05, 0.1) is 5.92 Å². The summed E-state index contributed by atoms with van der Waals surface area (Å²) in [5, 5.41) is 0.289. The number of carbonyl (C=O) groups is 1. The van der Waals surface area contributed by atoms with Gasteiger partial charge in [-0.05, 0) is 6.07 Å². The molecule has 0 radical (unpaired) electrons. The second kappa shape index (κ2) is 4.46. The van der Waals surface area contributed by atoms with E-state index < -0.39 is 17.6 Å². The minimum absolute atomic E-state index is 0.0897. The fourth-order valence-corrected chi connectivity index (χ4v) is 1.50. The van der Waals surface area contributed by atoms with Crippen LogP contribution in [0.25, 0.3) is 0 Å². The summed E-state index contributed by atoms with van der Waals surface area (Å²) in [7, 11) is 0. The van der Waals surface area contributed by atoms with E-state index >= 15 is 0 Å². The third-order valence-electron chi connectivity index (χ3n) is 1.71. The predicted octanol–water partition coefficient (Wildman–Crippen LogP) is 2.64. The highest BCUT2D eigenvalue weighted by atomic mass is 79.9. The second-order valence-corrected chi connectivity index (χ2v) is 3.19. The molecule has 1 aromatic carbocycles. The van der Waals surface area contributed by atoms with Gasteiger partial charge in [0.1, 0.15) is 6.29 Å². The third kappa shape index (κ3) is 2.12. The van der Waals surface area contributed by atoms with E-state index in [0.717, 1.165) is 6.07 Å². The van der Waals surface area contributed by atoms with Crippen LogP contribution in [0.5, 0.6) is 0 Å². The molecule has 0 N–H and O–H groups in total. The number of benzene rings is 1. The minimum Gasteiger partial charge on any atom is -0.303 e. The first-order valence-corrected chi connectivity index (χ1v) is 4.78. The van der Waals surface area contributed by atoms with Crippen molar-refractivity contribution in [3.8, 4) is 0 Å². The molecule has 0 heterocycles. The highest BCUT2D eigenvalue weighted by Crippen LogP contribution is 2.21. The van der Waals surface area contributed by atoms with Crippen molar-refractivity contribution in [2.45, 2.75) is 5.92 Å². The van der Waals surface area contributed by atoms with Gasteiger partial charge in [-0.2, -0.15) is 0 Å². The second-order valence-electron chi connectivity index (χ2n) is 2.54. The van der Waals surface area contributed by atoms with Crippen LogP contribution < -0.4 is 0 Å². The molecule has 0 amide bonds. The smallest absolute Gasteiger partial charge is 0.162 e. The summed E-state index contributed by atoms with van der Waals surface area (Å²) < 4.78 is 25.8. The van der Waals surface area contributed by atoms with Crippen molar-refractivity contribution < 1.29 is 13.6 Å². The van der Waals surface area contributed by atoms with E-state index in [4.69, 9.17) is 0 Å². The van der Waals surface area contributed by atoms with Gasteiger partial charge < -0.3 is 4.79 Å². The first kappa shape index (κ1) is 10.3. The topological polar surface area (TPSA) is 17.1 Å². The molecule has 0 aliphatic heterocycles. The van der Waals surface area contributed by atoms with Crippen LogP contribution in [0.3, 0.4) is 0 Å². The van der Waals surface area contributed by atoms with Crippen molar-refractivity contribution >= 4 is 22.2 Å². The maximum atomic E-state index is 13.1. The molecule has 0 spiro atoms. The quantitative estimate of drug-likeness (QED) is 0.594. The Balaban J connectivity index is 3.13. The Morgan fingerprint density at radius 3 is 2.69 bits per heavy atom. The zero-order valence-electron chi connectivity index (χ0n) is 6.64. The average molecular weight is 249 g/mol. The molecule has 0 aliphatic carbocycles. The van der Waals surface area contributed by atoms with Gasteiger partial charge in [-0.25, -0.2) is 8.78 Å². The number of rotatable bonds is 3. The molecule has 0 fully saturated rings. The van der Waals surface area contributed by atoms with E-state index in [1.807, 2.05) is 0 Å². The van der Waals surface area contributed by atoms with Gasteiger partial charge in [-0.1, -0.05) is 28.1 Å². The molecule has 0 bridgehead atoms. The molecule has 1 rings (SSSR count). The largest absolute Gasteiger partial charge is 0.303 e. The van der Waals surface area contributed by atoms with E-state index in [9.17, 15) is 13.6 Å². The lowest BCUT2D eigenvalue weighted by atomic mass is 10.0. The maximum absolute atomic E-state index is 13.1. The van der Waals surface area contributed by atoms with Crippen LogP contribution in [0.4, 0.5) is 8.78 Å². The molecule has 0 aromatic heterocycles. The molecular formula is C9H7BrF2O. The van der Waals surface area contributed by atoms with Crippen molar-refractivity contribution in [3.63, 3.8) is 0 Å². The summed E-state index contributed by atoms with van der Waals surface area (Å²) in [5.41, 5.74) is 0.0897. The van der Waals surface area contributed by atoms with Crippen molar-refractivity contribution in [2.24, 2.45) is 0 Å². The summed E-state index contributed by atoms with van der Waals surface area (Å²) in [6.07, 6.45) is 0.590. The average Bonchev–Trinajstić information content (AvgIpc) is 2.14. The molecule has 1 unspecified atom stereocenters. The van der Waals surface area contributed by atoms with Crippen molar-refractivity contribution in [1.29, 1.82) is 0 Å². The number of carbonyl (C=O) groups excluding carboxylic acids is 1. The summed E-state index contributed by atoms with van der Waals surface area (Å²) in [5.74, 6) is -2.50. The number of hydrogen-bond acceptors (Lipinski definition) is 1. The van der Waals surface area contributed by atoms with Crippen LogP contribution in [0.1, 0.15) is 11.5 Å². The van der Waals surface area contributed by atoms with Crippen LogP contribution in [-0.4, -0.2) is 11.6 Å². The SMILES string of the molecule is O=CC(CBr)c1cccc(F)c1F. The van der Waals surface area contributed by atoms with Crippen LogP contribution in [-0.2, 0) is 4.79 Å². The molecule has 1 aromatic rings. The van der Waals surface area contributed by atoms with E-state index in [1.54, 1.807) is 0 Å². The lowest BCUT2D eigenvalue weighted by molar-refractivity contribution is -0.108. The predicted molar refractivity (Wildman–Crippen MR) is 49.0 cm³/mol. The van der Waals surface area contributed by atoms with E-state index in [0.29, 0.717) is 6.29 Å². The van der Waals surface area contributed by atoms with Gasteiger partial charge in [0.25, 0.3) is 0 Å². The third-order valence-corrected chi connectivity index (χ3v) is 2.41. The number of aldehydes is 1. The molecule has 70 valence electrons. The van der Waals surface area contributed by atoms with Gasteiger partial charge in [-0.3, -0.25) is 0 Å². The zero-order chi connectivity index (χ0) is 9.84. The Kier molecular flexibility index (Phi) is 3.54. The molecular weight excluding hydrogens is 242 g/mol. The number of alkyl halides is 1. The van der Waals surface area contributed by atoms with E-state index in [-0.39, 0.29) is 10.9 Å². The Morgan fingerprint density at radius 1 is 1.46 bits per heavy atom. The molecule has 13 heavy (non-hydrogen) atoms. The Bertz CT molecular complexity index is 314. The molecule has 0 saturated carbocycles. The molecule has 0 aliphatic rings. The zero-order valence-corrected chi connectivity index (χ0v) is 8.22. The summed E-state index contributed by atoms with van der Waals surface area (Å²) in [6.45, 7) is 0. The Hall–Kier alpha value is -0.770. The first-order chi connectivity index (χ1) is 6.20. The lowest BCUT2D eigenvalue weighted by Gasteiger charge is -2.07. The van der Waals surface area contributed by atoms with Crippen molar-refractivity contribution in [1.82, 2.24) is 0 Å². The highest BCUT2D eigenvalue weighted by Gasteiger charge is 2.15. The van der Waals surface area contributed by atoms with Gasteiger partial charge in [-0.15, -0.1) is 0 Å². The monoisotopic (exact) mass is 248 g/mol. The lowest BCUT2D eigenvalue weighted by Crippen LogP contribution is -2.05. The van der Waals surface area contributed by atoms with Crippen LogP contribution >= 0.6 is 15.9 Å². The van der Waals surface area contributed by atoms with Gasteiger partial charge in [0.15, 0.2) is 11.6 Å². The van der Waals surface area contributed by atoms with Crippen LogP contribution in [0, 0.1) is 11.6 Å². The van der Waals surface area contributed by atoms with Crippen LogP contribution in [0.2, 0.25) is 0 Å². The van der Waals surface area contributed by atoms with Crippen molar-refractivity contribution in [2.75, 3.05) is 5.33 Å². The fourth-order valence-electron chi connectivity index (χ4n) is 1.000. The number of hydrogen-bond donors (Lipinski definition) is 0. The summed E-state index contributed by atoms with van der Waals surface area (Å²) in [4.78, 5) is 10.5. The van der Waals surface area contributed by atoms with E-state index in [1.165, 1.54) is 12.1 Å². The van der Waals surface area contributed by atoms with Gasteiger partial charge in [0, 0.05) is 10.9 Å². The molecule has 1 nitrogen and oxygen atoms in total. The Labute approximate surface area is 82.9 Å². The highest BCUT2D eigenvalue weighted by molar-refractivity contribution is 9.09. The fraction of sp³-hybridized carbons (Fsp3) is 0.222. The van der Waals surface area contributed by atoms with Crippen LogP contribution in [0.15, 0.2) is 18.2 Å².